The van der Waals surface area contributed by atoms with Crippen molar-refractivity contribution in [3.63, 3.8) is 0 Å². The van der Waals surface area contributed by atoms with Gasteiger partial charge in [-0.1, -0.05) is 49.7 Å². The number of ether oxygens (including phenoxy) is 4. The monoisotopic (exact) mass is 657 g/mol. The molecule has 260 valence electrons. The Labute approximate surface area is 277 Å². The van der Waals surface area contributed by atoms with Crippen LogP contribution in [0.1, 0.15) is 72.6 Å². The predicted octanol–water partition coefficient (Wildman–Crippen LogP) is 4.54. The number of carbonyl (C=O) groups is 3. The Balaban J connectivity index is 2.09. The van der Waals surface area contributed by atoms with E-state index in [0.29, 0.717) is 28.9 Å². The molecule has 0 aromatic rings. The van der Waals surface area contributed by atoms with E-state index in [2.05, 4.69) is 10.5 Å². The first kappa shape index (κ1) is 37.7. The number of aliphatic hydroxyl groups is 1. The molecule has 0 radical (unpaired) electrons. The fourth-order valence-corrected chi connectivity index (χ4v) is 6.17. The van der Waals surface area contributed by atoms with Gasteiger partial charge in [0.05, 0.1) is 25.0 Å². The number of rotatable bonds is 6. The molecule has 6 atom stereocenters. The molecule has 2 bridgehead atoms. The minimum Gasteiger partial charge on any atom is -0.494 e. The Bertz CT molecular complexity index is 1320. The Morgan fingerprint density at radius 3 is 2.38 bits per heavy atom. The van der Waals surface area contributed by atoms with E-state index in [9.17, 15) is 19.5 Å². The van der Waals surface area contributed by atoms with Gasteiger partial charge in [-0.05, 0) is 69.9 Å². The quantitative estimate of drug-likeness (QED) is 0.211. The molecule has 0 unspecified atom stereocenters. The van der Waals surface area contributed by atoms with E-state index in [1.54, 1.807) is 38.2 Å². The molecule has 0 spiro atoms. The third-order valence-electron chi connectivity index (χ3n) is 8.81. The molecule has 1 aliphatic heterocycles. The summed E-state index contributed by atoms with van der Waals surface area (Å²) in [6.45, 7) is 7.14. The summed E-state index contributed by atoms with van der Waals surface area (Å²) in [5, 5.41) is 18.5. The number of nitrogens with zero attached hydrogens (tertiary/aromatic N) is 1. The second kappa shape index (κ2) is 18.0. The van der Waals surface area contributed by atoms with E-state index in [-0.39, 0.29) is 29.9 Å². The molecule has 0 aromatic heterocycles. The predicted molar refractivity (Wildman–Crippen MR) is 177 cm³/mol. The van der Waals surface area contributed by atoms with Crippen molar-refractivity contribution < 1.29 is 43.3 Å². The minimum atomic E-state index is -0.986. The molecule has 1 fully saturated rings. The third kappa shape index (κ3) is 10.4. The van der Waals surface area contributed by atoms with Crippen LogP contribution < -0.4 is 11.1 Å². The van der Waals surface area contributed by atoms with Gasteiger partial charge in [-0.3, -0.25) is 9.59 Å². The number of allylic oxidation sites excluding steroid dienone is 4. The topological polar surface area (TPSA) is 168 Å². The van der Waals surface area contributed by atoms with Crippen molar-refractivity contribution in [3.8, 4) is 0 Å². The number of nitrogens with one attached hydrogen (secondary N) is 1. The summed E-state index contributed by atoms with van der Waals surface area (Å²) >= 11 is 0. The number of aliphatic hydroxyl groups excluding tert-OH is 1. The number of Topliss-reactive ketones (excluding diaryl/α,β-unsaturated/α-hetero) is 1. The summed E-state index contributed by atoms with van der Waals surface area (Å²) in [5.41, 5.74) is 6.98. The lowest BCUT2D eigenvalue weighted by Crippen LogP contribution is -2.37. The second-order valence-electron chi connectivity index (χ2n) is 12.6. The molecule has 12 heteroatoms. The summed E-state index contributed by atoms with van der Waals surface area (Å²) < 4.78 is 22.5. The van der Waals surface area contributed by atoms with Crippen LogP contribution in [-0.2, 0) is 33.4 Å². The third-order valence-corrected chi connectivity index (χ3v) is 8.81. The Kier molecular flexibility index (Phi) is 14.4. The smallest absolute Gasteiger partial charge is 0.405 e. The van der Waals surface area contributed by atoms with Crippen molar-refractivity contribution in [2.45, 2.75) is 103 Å². The highest BCUT2D eigenvalue weighted by atomic mass is 16.6. The van der Waals surface area contributed by atoms with Gasteiger partial charge in [-0.2, -0.15) is 0 Å². The van der Waals surface area contributed by atoms with Crippen LogP contribution in [0.15, 0.2) is 63.7 Å². The fraction of sp³-hybridized carbons (Fsp3) is 0.600. The molecule has 0 saturated heterocycles. The van der Waals surface area contributed by atoms with Gasteiger partial charge in [0.2, 0.25) is 5.78 Å². The van der Waals surface area contributed by atoms with E-state index in [1.807, 2.05) is 13.8 Å². The van der Waals surface area contributed by atoms with Gasteiger partial charge in [0.15, 0.2) is 11.9 Å². The number of hydrogen-bond donors (Lipinski definition) is 3. The number of oxime groups is 1. The Hall–Kier alpha value is -3.74. The van der Waals surface area contributed by atoms with E-state index in [1.165, 1.54) is 27.4 Å². The number of amides is 2. The maximum atomic E-state index is 13.9. The van der Waals surface area contributed by atoms with Crippen molar-refractivity contribution in [2.24, 2.45) is 22.7 Å². The van der Waals surface area contributed by atoms with Crippen LogP contribution in [0, 0.1) is 11.8 Å². The lowest BCUT2D eigenvalue weighted by atomic mass is 9.85. The van der Waals surface area contributed by atoms with Gasteiger partial charge < -0.3 is 39.9 Å². The molecule has 1 saturated carbocycles. The number of ketones is 1. The van der Waals surface area contributed by atoms with Crippen LogP contribution in [0.5, 0.6) is 0 Å². The fourth-order valence-electron chi connectivity index (χ4n) is 6.17. The average molecular weight is 658 g/mol. The molecule has 3 aliphatic rings. The Morgan fingerprint density at radius 1 is 1.06 bits per heavy atom. The number of hydrogen-bond acceptors (Lipinski definition) is 10. The maximum Gasteiger partial charge on any atom is 0.405 e. The number of nitrogens with two attached hydrogens (primary N) is 1. The highest BCUT2D eigenvalue weighted by molar-refractivity contribution is 6.24. The lowest BCUT2D eigenvalue weighted by molar-refractivity contribution is -0.119. The molecule has 0 aromatic carbocycles. The van der Waals surface area contributed by atoms with Crippen LogP contribution in [0.3, 0.4) is 0 Å². The molecule has 1 heterocycles. The van der Waals surface area contributed by atoms with Gasteiger partial charge in [-0.25, -0.2) is 4.79 Å². The molecular weight excluding hydrogens is 606 g/mol. The van der Waals surface area contributed by atoms with Gasteiger partial charge in [0.25, 0.3) is 5.91 Å². The van der Waals surface area contributed by atoms with Crippen LogP contribution >= 0.6 is 0 Å². The van der Waals surface area contributed by atoms with Crippen molar-refractivity contribution in [1.82, 2.24) is 5.32 Å². The van der Waals surface area contributed by atoms with Gasteiger partial charge in [0, 0.05) is 31.3 Å². The van der Waals surface area contributed by atoms with Crippen LogP contribution in [-0.4, -0.2) is 80.5 Å². The average Bonchev–Trinajstić information content (AvgIpc) is 3.05. The summed E-state index contributed by atoms with van der Waals surface area (Å²) in [7, 11) is 4.45. The molecule has 3 rings (SSSR count). The first-order valence-corrected chi connectivity index (χ1v) is 16.2. The largest absolute Gasteiger partial charge is 0.494 e. The number of fused-ring (bicyclic) bond motifs is 2. The number of carbonyl (C=O) groups excluding carboxylic acids is 3. The minimum absolute atomic E-state index is 0.0343. The molecule has 4 N–H and O–H groups in total. The van der Waals surface area contributed by atoms with Crippen molar-refractivity contribution in [1.29, 1.82) is 0 Å². The van der Waals surface area contributed by atoms with E-state index >= 15 is 0 Å². The Morgan fingerprint density at radius 2 is 1.77 bits per heavy atom. The lowest BCUT2D eigenvalue weighted by Gasteiger charge is -2.30. The van der Waals surface area contributed by atoms with Gasteiger partial charge in [-0.15, -0.1) is 0 Å². The van der Waals surface area contributed by atoms with Crippen LogP contribution in [0.2, 0.25) is 0 Å². The van der Waals surface area contributed by atoms with E-state index in [0.717, 1.165) is 32.1 Å². The molecule has 12 nitrogen and oxygen atoms in total. The van der Waals surface area contributed by atoms with Crippen molar-refractivity contribution in [3.05, 3.63) is 58.6 Å². The first-order chi connectivity index (χ1) is 22.4. The summed E-state index contributed by atoms with van der Waals surface area (Å²) in [6.07, 6.45) is 9.54. The van der Waals surface area contributed by atoms with E-state index < -0.39 is 48.1 Å². The van der Waals surface area contributed by atoms with Gasteiger partial charge >= 0.3 is 6.09 Å². The van der Waals surface area contributed by atoms with Crippen LogP contribution in [0.25, 0.3) is 0 Å². The maximum absolute atomic E-state index is 13.9. The number of primary amides is 1. The molecule has 2 aliphatic carbocycles. The first-order valence-electron chi connectivity index (χ1n) is 16.2. The number of methoxy groups -OCH3 is 3. The zero-order chi connectivity index (χ0) is 34.7. The molecular formula is C35H51N3O9. The second-order valence-corrected chi connectivity index (χ2v) is 12.6. The SMILES string of the molecule is COC1=C2C[C@@H](C)C[C@H](OC)[C@H](O)[C@@H](C)/C=C(\C)[C@H](OC(N)=O)[C@@H](OC)/C=C\C=C(/C)C(=O)NC(=C/C1=N/OC1CCCCC1)C2=O. The highest BCUT2D eigenvalue weighted by Crippen LogP contribution is 2.30. The normalized spacial score (nSPS) is 32.8. The van der Waals surface area contributed by atoms with Gasteiger partial charge in [0.1, 0.15) is 17.9 Å². The molecule has 47 heavy (non-hydrogen) atoms. The zero-order valence-electron chi connectivity index (χ0n) is 28.6. The summed E-state index contributed by atoms with van der Waals surface area (Å²) in [5.74, 6) is -1.20. The standard InChI is InChI=1S/C35H51N3O9/c1-20-16-25-31(40)26(19-27(33(25)45-7)38-47-24-13-9-8-10-14-24)37-34(41)21(2)12-11-15-28(43-5)32(46-35(36)42)23(4)18-22(3)30(39)29(17-20)44-6/h11-12,15,18-20,22,24,28-30,32,39H,8-10,13-14,16-17H2,1-7H3,(H2,36,42)(H,37,41)/b15-11-,21-12+,23-18+,38-27-/t20-,22+,28+,29+,30-,32+/m1/s1. The highest BCUT2D eigenvalue weighted by Gasteiger charge is 2.34. The molecule has 2 amide bonds. The summed E-state index contributed by atoms with van der Waals surface area (Å²) in [4.78, 5) is 44.9. The summed E-state index contributed by atoms with van der Waals surface area (Å²) in [6, 6.07) is 0. The van der Waals surface area contributed by atoms with E-state index in [4.69, 9.17) is 29.5 Å². The van der Waals surface area contributed by atoms with Crippen molar-refractivity contribution >= 4 is 23.5 Å². The van der Waals surface area contributed by atoms with Crippen LogP contribution in [0.4, 0.5) is 4.79 Å². The zero-order valence-corrected chi connectivity index (χ0v) is 28.6. The van der Waals surface area contributed by atoms with Crippen molar-refractivity contribution in [2.75, 3.05) is 21.3 Å².